The van der Waals surface area contributed by atoms with Crippen LogP contribution in [-0.2, 0) is 0 Å². The zero-order valence-corrected chi connectivity index (χ0v) is 5.96. The van der Waals surface area contributed by atoms with E-state index < -0.39 is 0 Å². The minimum Gasteiger partial charge on any atom is -0.377 e. The fourth-order valence-corrected chi connectivity index (χ4v) is 0.763. The predicted molar refractivity (Wildman–Crippen MR) is 41.9 cm³/mol. The number of rotatable bonds is 2. The van der Waals surface area contributed by atoms with Gasteiger partial charge in [0, 0.05) is 5.69 Å². The molecule has 0 saturated heterocycles. The maximum Gasteiger partial charge on any atom is 0.113 e. The maximum atomic E-state index is 8.48. The lowest BCUT2D eigenvalue weighted by molar-refractivity contribution is 0.325. The van der Waals surface area contributed by atoms with Gasteiger partial charge in [-0.2, -0.15) is 0 Å². The molecule has 0 bridgehead atoms. The summed E-state index contributed by atoms with van der Waals surface area (Å²) in [4.78, 5) is 0. The van der Waals surface area contributed by atoms with E-state index in [1.54, 1.807) is 0 Å². The van der Waals surface area contributed by atoms with Crippen molar-refractivity contribution < 1.29 is 5.11 Å². The van der Waals surface area contributed by atoms with Crippen molar-refractivity contribution in [1.29, 1.82) is 0 Å². The Labute approximate surface area is 60.5 Å². The zero-order chi connectivity index (χ0) is 7.40. The molecular formula is C8H11NO. The second kappa shape index (κ2) is 3.22. The third kappa shape index (κ3) is 1.74. The molecule has 1 aromatic rings. The normalized spacial score (nSPS) is 9.40. The first kappa shape index (κ1) is 7.09. The number of benzene rings is 1. The first-order valence-electron chi connectivity index (χ1n) is 3.24. The van der Waals surface area contributed by atoms with Crippen molar-refractivity contribution in [2.45, 2.75) is 6.92 Å². The minimum atomic E-state index is -0.0109. The van der Waals surface area contributed by atoms with Gasteiger partial charge in [0.1, 0.15) is 6.73 Å². The Morgan fingerprint density at radius 3 is 2.40 bits per heavy atom. The number of hydrogen-bond acceptors (Lipinski definition) is 2. The third-order valence-electron chi connectivity index (χ3n) is 1.33. The van der Waals surface area contributed by atoms with E-state index in [9.17, 15) is 0 Å². The van der Waals surface area contributed by atoms with Gasteiger partial charge in [-0.3, -0.25) is 0 Å². The summed E-state index contributed by atoms with van der Waals surface area (Å²) in [5.74, 6) is 0. The summed E-state index contributed by atoms with van der Waals surface area (Å²) in [6, 6.07) is 7.87. The molecule has 0 fully saturated rings. The summed E-state index contributed by atoms with van der Waals surface area (Å²) in [5, 5.41) is 11.3. The van der Waals surface area contributed by atoms with Crippen LogP contribution in [0.2, 0.25) is 0 Å². The molecule has 0 unspecified atom stereocenters. The van der Waals surface area contributed by atoms with Gasteiger partial charge in [0.15, 0.2) is 0 Å². The van der Waals surface area contributed by atoms with E-state index in [1.807, 2.05) is 31.2 Å². The van der Waals surface area contributed by atoms with E-state index in [-0.39, 0.29) is 6.73 Å². The molecular weight excluding hydrogens is 126 g/mol. The molecule has 1 aromatic carbocycles. The SMILES string of the molecule is Cc1ccc(NCO)cc1. The molecule has 2 heteroatoms. The molecule has 0 heterocycles. The second-order valence-electron chi connectivity index (χ2n) is 2.20. The van der Waals surface area contributed by atoms with Gasteiger partial charge in [-0.15, -0.1) is 0 Å². The first-order chi connectivity index (χ1) is 4.83. The molecule has 2 nitrogen and oxygen atoms in total. The quantitative estimate of drug-likeness (QED) is 0.603. The van der Waals surface area contributed by atoms with Crippen molar-refractivity contribution in [3.05, 3.63) is 29.8 Å². The third-order valence-corrected chi connectivity index (χ3v) is 1.33. The first-order valence-corrected chi connectivity index (χ1v) is 3.24. The van der Waals surface area contributed by atoms with Crippen LogP contribution in [0, 0.1) is 6.92 Å². The van der Waals surface area contributed by atoms with Crippen LogP contribution in [0.25, 0.3) is 0 Å². The highest BCUT2D eigenvalue weighted by atomic mass is 16.3. The van der Waals surface area contributed by atoms with Crippen LogP contribution in [0.4, 0.5) is 5.69 Å². The predicted octanol–water partition coefficient (Wildman–Crippen LogP) is 1.36. The minimum absolute atomic E-state index is 0.0109. The number of aliphatic hydroxyl groups is 1. The number of anilines is 1. The number of hydrogen-bond donors (Lipinski definition) is 2. The highest BCUT2D eigenvalue weighted by Crippen LogP contribution is 2.06. The molecule has 0 aliphatic carbocycles. The molecule has 0 aromatic heterocycles. The van der Waals surface area contributed by atoms with E-state index >= 15 is 0 Å². The van der Waals surface area contributed by atoms with Crippen molar-refractivity contribution in [2.75, 3.05) is 12.0 Å². The standard InChI is InChI=1S/C8H11NO/c1-7-2-4-8(5-3-7)9-6-10/h2-5,9-10H,6H2,1H3. The summed E-state index contributed by atoms with van der Waals surface area (Å²) in [6.07, 6.45) is 0. The Morgan fingerprint density at radius 1 is 1.30 bits per heavy atom. The molecule has 0 atom stereocenters. The van der Waals surface area contributed by atoms with Gasteiger partial charge >= 0.3 is 0 Å². The summed E-state index contributed by atoms with van der Waals surface area (Å²) >= 11 is 0. The van der Waals surface area contributed by atoms with Crippen molar-refractivity contribution in [3.8, 4) is 0 Å². The Morgan fingerprint density at radius 2 is 1.90 bits per heavy atom. The summed E-state index contributed by atoms with van der Waals surface area (Å²) < 4.78 is 0. The monoisotopic (exact) mass is 137 g/mol. The van der Waals surface area contributed by atoms with Gasteiger partial charge < -0.3 is 10.4 Å². The van der Waals surface area contributed by atoms with Crippen molar-refractivity contribution in [1.82, 2.24) is 0 Å². The van der Waals surface area contributed by atoms with E-state index in [4.69, 9.17) is 5.11 Å². The van der Waals surface area contributed by atoms with E-state index in [1.165, 1.54) is 5.56 Å². The van der Waals surface area contributed by atoms with Crippen molar-refractivity contribution >= 4 is 5.69 Å². The van der Waals surface area contributed by atoms with Crippen LogP contribution in [0.5, 0.6) is 0 Å². The lowest BCUT2D eigenvalue weighted by atomic mass is 10.2. The second-order valence-corrected chi connectivity index (χ2v) is 2.20. The van der Waals surface area contributed by atoms with Gasteiger partial charge in [-0.25, -0.2) is 0 Å². The highest BCUT2D eigenvalue weighted by Gasteiger charge is 1.86. The number of nitrogens with one attached hydrogen (secondary N) is 1. The molecule has 10 heavy (non-hydrogen) atoms. The van der Waals surface area contributed by atoms with Crippen LogP contribution in [0.1, 0.15) is 5.56 Å². The van der Waals surface area contributed by atoms with Crippen LogP contribution in [0.15, 0.2) is 24.3 Å². The topological polar surface area (TPSA) is 32.3 Å². The molecule has 0 saturated carbocycles. The Bertz CT molecular complexity index is 193. The maximum absolute atomic E-state index is 8.48. The van der Waals surface area contributed by atoms with Gasteiger partial charge in [-0.1, -0.05) is 17.7 Å². The average molecular weight is 137 g/mol. The molecule has 0 spiro atoms. The van der Waals surface area contributed by atoms with Gasteiger partial charge in [0.2, 0.25) is 0 Å². The fourth-order valence-electron chi connectivity index (χ4n) is 0.763. The lowest BCUT2D eigenvalue weighted by Crippen LogP contribution is -1.98. The van der Waals surface area contributed by atoms with Crippen LogP contribution < -0.4 is 5.32 Å². The zero-order valence-electron chi connectivity index (χ0n) is 5.96. The average Bonchev–Trinajstić information content (AvgIpc) is 1.95. The smallest absolute Gasteiger partial charge is 0.113 e. The molecule has 1 rings (SSSR count). The Balaban J connectivity index is 2.69. The van der Waals surface area contributed by atoms with Gasteiger partial charge in [-0.05, 0) is 19.1 Å². The summed E-state index contributed by atoms with van der Waals surface area (Å²) in [6.45, 7) is 2.02. The molecule has 0 aliphatic rings. The number of aryl methyl sites for hydroxylation is 1. The fraction of sp³-hybridized carbons (Fsp3) is 0.250. The van der Waals surface area contributed by atoms with Crippen molar-refractivity contribution in [2.24, 2.45) is 0 Å². The summed E-state index contributed by atoms with van der Waals surface area (Å²) in [5.41, 5.74) is 2.18. The molecule has 0 amide bonds. The van der Waals surface area contributed by atoms with Gasteiger partial charge in [0.25, 0.3) is 0 Å². The van der Waals surface area contributed by atoms with Crippen LogP contribution in [0.3, 0.4) is 0 Å². The van der Waals surface area contributed by atoms with E-state index in [0.29, 0.717) is 0 Å². The van der Waals surface area contributed by atoms with E-state index in [2.05, 4.69) is 5.32 Å². The largest absolute Gasteiger partial charge is 0.377 e. The lowest BCUT2D eigenvalue weighted by Gasteiger charge is -2.00. The van der Waals surface area contributed by atoms with E-state index in [0.717, 1.165) is 5.69 Å². The van der Waals surface area contributed by atoms with Crippen LogP contribution >= 0.6 is 0 Å². The number of aliphatic hydroxyl groups excluding tert-OH is 1. The Kier molecular flexibility index (Phi) is 2.29. The molecule has 54 valence electrons. The van der Waals surface area contributed by atoms with Crippen LogP contribution in [-0.4, -0.2) is 11.8 Å². The Hall–Kier alpha value is -1.02. The van der Waals surface area contributed by atoms with Crippen molar-refractivity contribution in [3.63, 3.8) is 0 Å². The molecule has 0 aliphatic heterocycles. The highest BCUT2D eigenvalue weighted by molar-refractivity contribution is 5.43. The van der Waals surface area contributed by atoms with Gasteiger partial charge in [0.05, 0.1) is 0 Å². The molecule has 0 radical (unpaired) electrons. The summed E-state index contributed by atoms with van der Waals surface area (Å²) in [7, 11) is 0. The molecule has 2 N–H and O–H groups in total.